The number of thioether (sulfide) groups is 1. The maximum Gasteiger partial charge on any atom is 0.341 e. The Bertz CT molecular complexity index is 853. The van der Waals surface area contributed by atoms with Crippen molar-refractivity contribution in [3.05, 3.63) is 59.4 Å². The third-order valence-electron chi connectivity index (χ3n) is 4.37. The Morgan fingerprint density at radius 3 is 2.96 bits per heavy atom. The van der Waals surface area contributed by atoms with Gasteiger partial charge in [-0.15, -0.1) is 11.8 Å². The highest BCUT2D eigenvalue weighted by Crippen LogP contribution is 2.41. The molecule has 2 amide bonds. The average molecular weight is 342 g/mol. The van der Waals surface area contributed by atoms with Gasteiger partial charge < -0.3 is 10.1 Å². The molecule has 2 atom stereocenters. The number of carbonyl (C=O) groups is 1. The minimum atomic E-state index is -0.416. The van der Waals surface area contributed by atoms with E-state index in [0.29, 0.717) is 0 Å². The minimum Gasteiger partial charge on any atom is -0.494 e. The van der Waals surface area contributed by atoms with Crippen LogP contribution in [-0.2, 0) is 0 Å². The molecule has 0 radical (unpaired) electrons. The first-order chi connectivity index (χ1) is 11.7. The molecular weight excluding hydrogens is 327 g/mol. The van der Waals surface area contributed by atoms with Crippen LogP contribution in [0, 0.1) is 11.7 Å². The van der Waals surface area contributed by atoms with Crippen molar-refractivity contribution in [2.24, 2.45) is 10.9 Å². The molecule has 2 aliphatic rings. The van der Waals surface area contributed by atoms with E-state index in [1.165, 1.54) is 13.2 Å². The molecule has 24 heavy (non-hydrogen) atoms. The number of hydrogen-bond acceptors (Lipinski definition) is 3. The highest BCUT2D eigenvalue weighted by molar-refractivity contribution is 7.99. The second-order valence-corrected chi connectivity index (χ2v) is 6.79. The smallest absolute Gasteiger partial charge is 0.341 e. The van der Waals surface area contributed by atoms with Crippen LogP contribution >= 0.6 is 11.8 Å². The van der Waals surface area contributed by atoms with Crippen LogP contribution in [0.1, 0.15) is 17.2 Å². The van der Waals surface area contributed by atoms with Gasteiger partial charge in [0.25, 0.3) is 0 Å². The first-order valence-electron chi connectivity index (χ1n) is 7.62. The highest BCUT2D eigenvalue weighted by atomic mass is 32.2. The molecule has 0 aromatic heterocycles. The number of urea groups is 1. The first kappa shape index (κ1) is 15.2. The summed E-state index contributed by atoms with van der Waals surface area (Å²) >= 11 is 1.75. The number of nitrogens with one attached hydrogen (secondary N) is 1. The first-order valence-corrected chi connectivity index (χ1v) is 8.60. The lowest BCUT2D eigenvalue weighted by Crippen LogP contribution is -2.43. The van der Waals surface area contributed by atoms with E-state index in [1.807, 2.05) is 24.3 Å². The van der Waals surface area contributed by atoms with Gasteiger partial charge in [-0.1, -0.05) is 24.3 Å². The number of nitrogens with zero attached hydrogens (tertiary/aromatic N) is 1. The molecule has 2 heterocycles. The Morgan fingerprint density at radius 1 is 1.29 bits per heavy atom. The van der Waals surface area contributed by atoms with Crippen LogP contribution in [-0.4, -0.2) is 24.6 Å². The normalized spacial score (nSPS) is 22.1. The number of benzene rings is 2. The molecule has 0 saturated carbocycles. The lowest BCUT2D eigenvalue weighted by molar-refractivity contribution is 0.241. The molecule has 0 fully saturated rings. The second kappa shape index (κ2) is 5.94. The monoisotopic (exact) mass is 342 g/mol. The standard InChI is InChI=1S/C18H15FN2O2S/c1-23-14-8-10(6-7-13(14)19)16-12-9-24-15-5-3-2-4-11(15)17(12)21-18(22)20-16/h2-8,12,16H,9H2,1H3,(H,20,22). The van der Waals surface area contributed by atoms with Crippen LogP contribution in [0.4, 0.5) is 9.18 Å². The molecule has 122 valence electrons. The molecule has 6 heteroatoms. The van der Waals surface area contributed by atoms with Crippen LogP contribution in [0.2, 0.25) is 0 Å². The molecule has 2 aliphatic heterocycles. The van der Waals surface area contributed by atoms with Gasteiger partial charge in [-0.3, -0.25) is 0 Å². The third-order valence-corrected chi connectivity index (χ3v) is 5.56. The fourth-order valence-corrected chi connectivity index (χ4v) is 4.43. The summed E-state index contributed by atoms with van der Waals surface area (Å²) in [5, 5.41) is 2.92. The van der Waals surface area contributed by atoms with Gasteiger partial charge in [0.1, 0.15) is 0 Å². The SMILES string of the molecule is COc1cc(C2NC(=O)N=C3c4ccccc4SCC32)ccc1F. The van der Waals surface area contributed by atoms with Crippen LogP contribution in [0.5, 0.6) is 5.75 Å². The maximum absolute atomic E-state index is 13.7. The fourth-order valence-electron chi connectivity index (χ4n) is 3.22. The molecule has 1 N–H and O–H groups in total. The third kappa shape index (κ3) is 2.47. The lowest BCUT2D eigenvalue weighted by Gasteiger charge is -2.35. The largest absolute Gasteiger partial charge is 0.494 e. The quantitative estimate of drug-likeness (QED) is 0.903. The molecule has 0 saturated heterocycles. The summed E-state index contributed by atoms with van der Waals surface area (Å²) in [7, 11) is 1.43. The predicted octanol–water partition coefficient (Wildman–Crippen LogP) is 3.81. The van der Waals surface area contributed by atoms with Crippen molar-refractivity contribution in [1.29, 1.82) is 0 Å². The zero-order valence-electron chi connectivity index (χ0n) is 13.0. The summed E-state index contributed by atoms with van der Waals surface area (Å²) in [6, 6.07) is 12.1. The van der Waals surface area contributed by atoms with E-state index in [4.69, 9.17) is 4.74 Å². The van der Waals surface area contributed by atoms with Crippen molar-refractivity contribution >= 4 is 23.5 Å². The summed E-state index contributed by atoms with van der Waals surface area (Å²) in [6.07, 6.45) is 0. The Hall–Kier alpha value is -2.34. The predicted molar refractivity (Wildman–Crippen MR) is 91.4 cm³/mol. The molecule has 4 rings (SSSR count). The molecule has 0 bridgehead atoms. The fraction of sp³-hybridized carbons (Fsp3) is 0.222. The Kier molecular flexibility index (Phi) is 3.76. The summed E-state index contributed by atoms with van der Waals surface area (Å²) in [6.45, 7) is 0. The number of fused-ring (bicyclic) bond motifs is 3. The second-order valence-electron chi connectivity index (χ2n) is 5.73. The van der Waals surface area contributed by atoms with Gasteiger partial charge in [-0.05, 0) is 23.8 Å². The lowest BCUT2D eigenvalue weighted by atomic mass is 9.85. The van der Waals surface area contributed by atoms with Crippen molar-refractivity contribution in [2.75, 3.05) is 12.9 Å². The van der Waals surface area contributed by atoms with Gasteiger partial charge in [0.15, 0.2) is 11.6 Å². The van der Waals surface area contributed by atoms with Crippen molar-refractivity contribution in [1.82, 2.24) is 5.32 Å². The molecule has 2 aromatic carbocycles. The molecule has 4 nitrogen and oxygen atoms in total. The summed E-state index contributed by atoms with van der Waals surface area (Å²) in [4.78, 5) is 17.5. The molecular formula is C18H15FN2O2S. The number of amides is 2. The number of halogens is 1. The minimum absolute atomic E-state index is 0.0396. The summed E-state index contributed by atoms with van der Waals surface area (Å²) in [5.41, 5.74) is 2.63. The van der Waals surface area contributed by atoms with Crippen LogP contribution < -0.4 is 10.1 Å². The van der Waals surface area contributed by atoms with E-state index in [0.717, 1.165) is 27.5 Å². The maximum atomic E-state index is 13.7. The number of ether oxygens (including phenoxy) is 1. The van der Waals surface area contributed by atoms with E-state index < -0.39 is 5.82 Å². The Morgan fingerprint density at radius 2 is 2.12 bits per heavy atom. The van der Waals surface area contributed by atoms with Crippen molar-refractivity contribution < 1.29 is 13.9 Å². The topological polar surface area (TPSA) is 50.7 Å². The van der Waals surface area contributed by atoms with Crippen molar-refractivity contribution in [3.63, 3.8) is 0 Å². The number of methoxy groups -OCH3 is 1. The zero-order chi connectivity index (χ0) is 16.7. The number of hydrogen-bond donors (Lipinski definition) is 1. The van der Waals surface area contributed by atoms with Crippen LogP contribution in [0.15, 0.2) is 52.4 Å². The number of rotatable bonds is 2. The average Bonchev–Trinajstić information content (AvgIpc) is 2.61. The van der Waals surface area contributed by atoms with E-state index in [2.05, 4.69) is 10.3 Å². The molecule has 0 aliphatic carbocycles. The van der Waals surface area contributed by atoms with E-state index in [-0.39, 0.29) is 23.7 Å². The highest BCUT2D eigenvalue weighted by Gasteiger charge is 2.37. The van der Waals surface area contributed by atoms with Crippen LogP contribution in [0.25, 0.3) is 0 Å². The van der Waals surface area contributed by atoms with Crippen molar-refractivity contribution in [2.45, 2.75) is 10.9 Å². The van der Waals surface area contributed by atoms with E-state index in [1.54, 1.807) is 23.9 Å². The number of aliphatic imine (C=N–C) groups is 1. The molecule has 2 unspecified atom stereocenters. The van der Waals surface area contributed by atoms with Gasteiger partial charge in [-0.2, -0.15) is 4.99 Å². The summed E-state index contributed by atoms with van der Waals surface area (Å²) in [5.74, 6) is 0.605. The van der Waals surface area contributed by atoms with E-state index in [9.17, 15) is 9.18 Å². The van der Waals surface area contributed by atoms with Gasteiger partial charge in [0, 0.05) is 22.1 Å². The van der Waals surface area contributed by atoms with Gasteiger partial charge in [0.2, 0.25) is 0 Å². The van der Waals surface area contributed by atoms with Gasteiger partial charge >= 0.3 is 6.03 Å². The molecule has 2 aromatic rings. The van der Waals surface area contributed by atoms with Gasteiger partial charge in [-0.25, -0.2) is 9.18 Å². The van der Waals surface area contributed by atoms with Crippen LogP contribution in [0.3, 0.4) is 0 Å². The van der Waals surface area contributed by atoms with Gasteiger partial charge in [0.05, 0.1) is 18.9 Å². The summed E-state index contributed by atoms with van der Waals surface area (Å²) < 4.78 is 18.8. The molecule has 0 spiro atoms. The zero-order valence-corrected chi connectivity index (χ0v) is 13.8. The Labute approximate surface area is 143 Å². The van der Waals surface area contributed by atoms with E-state index >= 15 is 0 Å². The van der Waals surface area contributed by atoms with Crippen molar-refractivity contribution in [3.8, 4) is 5.75 Å². The number of carbonyl (C=O) groups excluding carboxylic acids is 1. The Balaban J connectivity index is 1.78.